The van der Waals surface area contributed by atoms with Gasteiger partial charge in [-0.3, -0.25) is 9.78 Å². The molecule has 19 heavy (non-hydrogen) atoms. The molecule has 2 N–H and O–H groups in total. The number of carbonyl (C=O) groups is 1. The highest BCUT2D eigenvalue weighted by Crippen LogP contribution is 2.34. The molecule has 6 nitrogen and oxygen atoms in total. The largest absolute Gasteiger partial charge is 0.506 e. The summed E-state index contributed by atoms with van der Waals surface area (Å²) in [7, 11) is 0. The molecule has 0 radical (unpaired) electrons. The van der Waals surface area contributed by atoms with Gasteiger partial charge in [-0.2, -0.15) is 0 Å². The van der Waals surface area contributed by atoms with E-state index in [1.165, 1.54) is 18.5 Å². The Kier molecular flexibility index (Phi) is 2.68. The van der Waals surface area contributed by atoms with Gasteiger partial charge in [-0.05, 0) is 18.2 Å². The number of benzene rings is 1. The second-order valence-corrected chi connectivity index (χ2v) is 3.95. The van der Waals surface area contributed by atoms with Crippen LogP contribution in [0.4, 0.5) is 5.69 Å². The Morgan fingerprint density at radius 1 is 1.21 bits per heavy atom. The van der Waals surface area contributed by atoms with Gasteiger partial charge in [0.05, 0.1) is 11.8 Å². The maximum absolute atomic E-state index is 11.9. The van der Waals surface area contributed by atoms with Crippen molar-refractivity contribution in [3.8, 4) is 17.2 Å². The Hall–Kier alpha value is -2.76. The van der Waals surface area contributed by atoms with Gasteiger partial charge in [0.2, 0.25) is 6.79 Å². The average Bonchev–Trinajstić information content (AvgIpc) is 2.86. The van der Waals surface area contributed by atoms with Crippen molar-refractivity contribution in [2.45, 2.75) is 0 Å². The van der Waals surface area contributed by atoms with E-state index >= 15 is 0 Å². The number of nitrogens with zero attached hydrogens (tertiary/aromatic N) is 1. The fourth-order valence-electron chi connectivity index (χ4n) is 1.73. The van der Waals surface area contributed by atoms with Gasteiger partial charge >= 0.3 is 0 Å². The first-order chi connectivity index (χ1) is 9.22. The Morgan fingerprint density at radius 2 is 2.05 bits per heavy atom. The topological polar surface area (TPSA) is 80.7 Å². The van der Waals surface area contributed by atoms with Gasteiger partial charge in [0, 0.05) is 18.0 Å². The van der Waals surface area contributed by atoms with Crippen molar-refractivity contribution >= 4 is 11.6 Å². The van der Waals surface area contributed by atoms with Crippen LogP contribution in [0.5, 0.6) is 17.2 Å². The number of nitrogens with one attached hydrogen (secondary N) is 1. The summed E-state index contributed by atoms with van der Waals surface area (Å²) >= 11 is 0. The zero-order valence-electron chi connectivity index (χ0n) is 9.79. The molecular weight excluding hydrogens is 248 g/mol. The lowest BCUT2D eigenvalue weighted by molar-refractivity contribution is 0.102. The normalized spacial score (nSPS) is 12.2. The molecule has 0 bridgehead atoms. The number of amides is 1. The second kappa shape index (κ2) is 4.49. The minimum Gasteiger partial charge on any atom is -0.506 e. The van der Waals surface area contributed by atoms with Crippen LogP contribution in [0, 0.1) is 0 Å². The molecule has 6 heteroatoms. The summed E-state index contributed by atoms with van der Waals surface area (Å²) in [6.45, 7) is 0.184. The number of aromatic hydroxyl groups is 1. The van der Waals surface area contributed by atoms with Crippen LogP contribution in [0.1, 0.15) is 10.4 Å². The molecule has 3 rings (SSSR count). The number of fused-ring (bicyclic) bond motifs is 1. The van der Waals surface area contributed by atoms with Crippen LogP contribution in [0.25, 0.3) is 0 Å². The van der Waals surface area contributed by atoms with Crippen molar-refractivity contribution < 1.29 is 19.4 Å². The fourth-order valence-corrected chi connectivity index (χ4v) is 1.73. The lowest BCUT2D eigenvalue weighted by Gasteiger charge is -2.06. The molecule has 1 aromatic carbocycles. The molecule has 96 valence electrons. The van der Waals surface area contributed by atoms with Crippen LogP contribution in [0.2, 0.25) is 0 Å². The molecule has 0 saturated heterocycles. The maximum Gasteiger partial charge on any atom is 0.257 e. The third kappa shape index (κ3) is 2.28. The van der Waals surface area contributed by atoms with Gasteiger partial charge in [-0.15, -0.1) is 0 Å². The summed E-state index contributed by atoms with van der Waals surface area (Å²) < 4.78 is 10.4. The molecule has 1 aliphatic heterocycles. The summed E-state index contributed by atoms with van der Waals surface area (Å²) in [6.07, 6.45) is 2.64. The molecule has 0 fully saturated rings. The SMILES string of the molecule is O=C(Nc1ccc2c(c1)OCO2)c1cncc(O)c1. The van der Waals surface area contributed by atoms with Crippen LogP contribution in [-0.4, -0.2) is 22.8 Å². The third-order valence-electron chi connectivity index (χ3n) is 2.62. The lowest BCUT2D eigenvalue weighted by atomic mass is 10.2. The first kappa shape index (κ1) is 11.3. The van der Waals surface area contributed by atoms with Crippen LogP contribution < -0.4 is 14.8 Å². The molecule has 0 unspecified atom stereocenters. The van der Waals surface area contributed by atoms with Gasteiger partial charge in [-0.25, -0.2) is 0 Å². The molecular formula is C13H10N2O4. The van der Waals surface area contributed by atoms with Crippen molar-refractivity contribution in [2.24, 2.45) is 0 Å². The van der Waals surface area contributed by atoms with Gasteiger partial charge in [-0.1, -0.05) is 0 Å². The molecule has 2 heterocycles. The van der Waals surface area contributed by atoms with E-state index in [0.29, 0.717) is 17.2 Å². The summed E-state index contributed by atoms with van der Waals surface area (Å²) in [5, 5.41) is 12.0. The van der Waals surface area contributed by atoms with E-state index in [1.807, 2.05) is 0 Å². The molecule has 0 aliphatic carbocycles. The summed E-state index contributed by atoms with van der Waals surface area (Å²) in [6, 6.07) is 6.45. The van der Waals surface area contributed by atoms with Crippen molar-refractivity contribution in [3.63, 3.8) is 0 Å². The Morgan fingerprint density at radius 3 is 2.89 bits per heavy atom. The number of aromatic nitrogens is 1. The predicted molar refractivity (Wildman–Crippen MR) is 66.4 cm³/mol. The van der Waals surface area contributed by atoms with Gasteiger partial charge in [0.1, 0.15) is 5.75 Å². The van der Waals surface area contributed by atoms with Gasteiger partial charge in [0.25, 0.3) is 5.91 Å². The number of anilines is 1. The quantitative estimate of drug-likeness (QED) is 0.858. The van der Waals surface area contributed by atoms with Crippen LogP contribution >= 0.6 is 0 Å². The van der Waals surface area contributed by atoms with E-state index in [-0.39, 0.29) is 24.0 Å². The molecule has 0 spiro atoms. The first-order valence-electron chi connectivity index (χ1n) is 5.57. The highest BCUT2D eigenvalue weighted by atomic mass is 16.7. The smallest absolute Gasteiger partial charge is 0.257 e. The van der Waals surface area contributed by atoms with E-state index in [9.17, 15) is 9.90 Å². The number of carbonyl (C=O) groups excluding carboxylic acids is 1. The maximum atomic E-state index is 11.9. The number of hydrogen-bond donors (Lipinski definition) is 2. The molecule has 1 aliphatic rings. The number of pyridine rings is 1. The van der Waals surface area contributed by atoms with Gasteiger partial charge in [0.15, 0.2) is 11.5 Å². The van der Waals surface area contributed by atoms with E-state index in [1.54, 1.807) is 18.2 Å². The highest BCUT2D eigenvalue weighted by Gasteiger charge is 2.14. The fraction of sp³-hybridized carbons (Fsp3) is 0.0769. The number of ether oxygens (including phenoxy) is 2. The Labute approximate surface area is 108 Å². The Bertz CT molecular complexity index is 642. The monoisotopic (exact) mass is 258 g/mol. The zero-order valence-corrected chi connectivity index (χ0v) is 9.79. The minimum atomic E-state index is -0.359. The van der Waals surface area contributed by atoms with E-state index in [2.05, 4.69) is 10.3 Å². The van der Waals surface area contributed by atoms with Crippen molar-refractivity contribution in [2.75, 3.05) is 12.1 Å². The van der Waals surface area contributed by atoms with Crippen molar-refractivity contribution in [1.29, 1.82) is 0 Å². The van der Waals surface area contributed by atoms with Crippen LogP contribution in [0.3, 0.4) is 0 Å². The summed E-state index contributed by atoms with van der Waals surface area (Å²) in [5.41, 5.74) is 0.857. The average molecular weight is 258 g/mol. The van der Waals surface area contributed by atoms with E-state index in [4.69, 9.17) is 9.47 Å². The van der Waals surface area contributed by atoms with Crippen LogP contribution in [0.15, 0.2) is 36.7 Å². The van der Waals surface area contributed by atoms with Crippen LogP contribution in [-0.2, 0) is 0 Å². The minimum absolute atomic E-state index is 0.0571. The summed E-state index contributed by atoms with van der Waals surface area (Å²) in [4.78, 5) is 15.7. The standard InChI is InChI=1S/C13H10N2O4/c16-10-3-8(5-14-6-10)13(17)15-9-1-2-11-12(4-9)19-7-18-11/h1-6,16H,7H2,(H,15,17). The second-order valence-electron chi connectivity index (χ2n) is 3.95. The Balaban J connectivity index is 1.80. The highest BCUT2D eigenvalue weighted by molar-refractivity contribution is 6.04. The molecule has 0 atom stereocenters. The lowest BCUT2D eigenvalue weighted by Crippen LogP contribution is -2.11. The zero-order chi connectivity index (χ0) is 13.2. The molecule has 0 saturated carbocycles. The summed E-state index contributed by atoms with van der Waals surface area (Å²) in [5.74, 6) is 0.824. The first-order valence-corrected chi connectivity index (χ1v) is 5.57. The van der Waals surface area contributed by atoms with E-state index < -0.39 is 0 Å². The number of rotatable bonds is 2. The number of hydrogen-bond acceptors (Lipinski definition) is 5. The van der Waals surface area contributed by atoms with Gasteiger partial charge < -0.3 is 19.9 Å². The molecule has 1 aromatic heterocycles. The molecule has 2 aromatic rings. The molecule has 1 amide bonds. The van der Waals surface area contributed by atoms with Crippen molar-refractivity contribution in [1.82, 2.24) is 4.98 Å². The van der Waals surface area contributed by atoms with E-state index in [0.717, 1.165) is 0 Å². The van der Waals surface area contributed by atoms with Crippen molar-refractivity contribution in [3.05, 3.63) is 42.2 Å². The predicted octanol–water partition coefficient (Wildman–Crippen LogP) is 1.77. The third-order valence-corrected chi connectivity index (χ3v) is 2.62.